The summed E-state index contributed by atoms with van der Waals surface area (Å²) < 4.78 is 19.3. The highest BCUT2D eigenvalue weighted by Crippen LogP contribution is 2.32. The Labute approximate surface area is 140 Å². The number of benzene rings is 1. The lowest BCUT2D eigenvalue weighted by molar-refractivity contribution is -0.129. The molecule has 0 aliphatic rings. The van der Waals surface area contributed by atoms with Gasteiger partial charge in [0.1, 0.15) is 11.6 Å². The zero-order valence-electron chi connectivity index (χ0n) is 13.5. The van der Waals surface area contributed by atoms with Crippen molar-refractivity contribution in [1.82, 2.24) is 0 Å². The number of hydrogen-bond acceptors (Lipinski definition) is 3. The fourth-order valence-corrected chi connectivity index (χ4v) is 3.33. The molecule has 0 fully saturated rings. The van der Waals surface area contributed by atoms with Crippen molar-refractivity contribution >= 4 is 17.3 Å². The van der Waals surface area contributed by atoms with Gasteiger partial charge in [0.25, 0.3) is 0 Å². The number of rotatable bonds is 7. The SMILES string of the molecule is C/C=C/C(=O)Oc1ccc(-c2ccc(CCCCC)s2)c(F)c1. The van der Waals surface area contributed by atoms with E-state index in [0.29, 0.717) is 5.56 Å². The van der Waals surface area contributed by atoms with E-state index < -0.39 is 5.97 Å². The summed E-state index contributed by atoms with van der Waals surface area (Å²) in [5.41, 5.74) is 0.544. The molecule has 0 aliphatic heterocycles. The minimum atomic E-state index is -0.506. The monoisotopic (exact) mass is 332 g/mol. The lowest BCUT2D eigenvalue weighted by atomic mass is 10.1. The van der Waals surface area contributed by atoms with Crippen LogP contribution in [0.5, 0.6) is 5.75 Å². The van der Waals surface area contributed by atoms with Crippen molar-refractivity contribution in [3.8, 4) is 16.2 Å². The van der Waals surface area contributed by atoms with Crippen molar-refractivity contribution in [1.29, 1.82) is 0 Å². The maximum Gasteiger partial charge on any atom is 0.335 e. The molecule has 1 aromatic carbocycles. The first kappa shape index (κ1) is 17.4. The molecule has 2 rings (SSSR count). The van der Waals surface area contributed by atoms with Crippen molar-refractivity contribution in [2.75, 3.05) is 0 Å². The van der Waals surface area contributed by atoms with Crippen LogP contribution in [0.25, 0.3) is 10.4 Å². The number of unbranched alkanes of at least 4 members (excludes halogenated alkanes) is 2. The molecule has 0 saturated carbocycles. The topological polar surface area (TPSA) is 26.3 Å². The largest absolute Gasteiger partial charge is 0.423 e. The molecule has 0 unspecified atom stereocenters. The maximum absolute atomic E-state index is 14.3. The number of thiophene rings is 1. The van der Waals surface area contributed by atoms with E-state index in [1.54, 1.807) is 36.5 Å². The van der Waals surface area contributed by atoms with Crippen molar-refractivity contribution < 1.29 is 13.9 Å². The molecule has 122 valence electrons. The number of aryl methyl sites for hydroxylation is 1. The minimum absolute atomic E-state index is 0.217. The fourth-order valence-electron chi connectivity index (χ4n) is 2.25. The summed E-state index contributed by atoms with van der Waals surface area (Å²) in [4.78, 5) is 13.6. The predicted octanol–water partition coefficient (Wildman–Crippen LogP) is 5.77. The Morgan fingerprint density at radius 3 is 2.78 bits per heavy atom. The van der Waals surface area contributed by atoms with Crippen LogP contribution in [0.15, 0.2) is 42.5 Å². The third-order valence-corrected chi connectivity index (χ3v) is 4.59. The van der Waals surface area contributed by atoms with Crippen LogP contribution >= 0.6 is 11.3 Å². The molecule has 0 spiro atoms. The summed E-state index contributed by atoms with van der Waals surface area (Å²) in [6.07, 6.45) is 7.50. The van der Waals surface area contributed by atoms with Crippen LogP contribution in [0.4, 0.5) is 4.39 Å². The molecule has 0 atom stereocenters. The maximum atomic E-state index is 14.3. The molecule has 1 heterocycles. The molecule has 0 amide bonds. The van der Waals surface area contributed by atoms with Crippen LogP contribution in [-0.2, 0) is 11.2 Å². The number of carbonyl (C=O) groups excluding carboxylic acids is 1. The first-order valence-electron chi connectivity index (χ1n) is 7.87. The molecule has 0 radical (unpaired) electrons. The summed E-state index contributed by atoms with van der Waals surface area (Å²) >= 11 is 1.62. The molecule has 2 nitrogen and oxygen atoms in total. The molecule has 0 aliphatic carbocycles. The van der Waals surface area contributed by atoms with Crippen LogP contribution in [0.3, 0.4) is 0 Å². The first-order chi connectivity index (χ1) is 11.1. The molecule has 0 saturated heterocycles. The highest BCUT2D eigenvalue weighted by Gasteiger charge is 2.11. The minimum Gasteiger partial charge on any atom is -0.423 e. The van der Waals surface area contributed by atoms with Gasteiger partial charge in [0, 0.05) is 27.5 Å². The highest BCUT2D eigenvalue weighted by atomic mass is 32.1. The summed E-state index contributed by atoms with van der Waals surface area (Å²) in [5, 5.41) is 0. The average molecular weight is 332 g/mol. The number of esters is 1. The third-order valence-electron chi connectivity index (χ3n) is 3.42. The van der Waals surface area contributed by atoms with E-state index in [1.165, 1.54) is 36.3 Å². The van der Waals surface area contributed by atoms with Crippen molar-refractivity contribution in [3.63, 3.8) is 0 Å². The van der Waals surface area contributed by atoms with E-state index in [4.69, 9.17) is 4.74 Å². The predicted molar refractivity (Wildman–Crippen MR) is 93.4 cm³/mol. The Balaban J connectivity index is 2.10. The zero-order chi connectivity index (χ0) is 16.7. The lowest BCUT2D eigenvalue weighted by Crippen LogP contribution is -2.03. The Hall–Kier alpha value is -1.94. The molecule has 2 aromatic rings. The lowest BCUT2D eigenvalue weighted by Gasteiger charge is -2.04. The Kier molecular flexibility index (Phi) is 6.53. The van der Waals surface area contributed by atoms with E-state index in [2.05, 4.69) is 13.0 Å². The van der Waals surface area contributed by atoms with E-state index >= 15 is 0 Å². The van der Waals surface area contributed by atoms with Crippen molar-refractivity contribution in [2.45, 2.75) is 39.5 Å². The van der Waals surface area contributed by atoms with Gasteiger partial charge in [-0.25, -0.2) is 9.18 Å². The second-order valence-corrected chi connectivity index (χ2v) is 6.45. The first-order valence-corrected chi connectivity index (χ1v) is 8.68. The normalized spacial score (nSPS) is 11.1. The van der Waals surface area contributed by atoms with Crippen LogP contribution < -0.4 is 4.74 Å². The second kappa shape index (κ2) is 8.63. The van der Waals surface area contributed by atoms with E-state index in [9.17, 15) is 9.18 Å². The molecule has 0 bridgehead atoms. The van der Waals surface area contributed by atoms with Crippen LogP contribution in [0, 0.1) is 5.82 Å². The molecule has 23 heavy (non-hydrogen) atoms. The third kappa shape index (κ3) is 5.03. The Bertz CT molecular complexity index is 688. The van der Waals surface area contributed by atoms with Gasteiger partial charge in [-0.2, -0.15) is 0 Å². The number of carbonyl (C=O) groups is 1. The summed E-state index contributed by atoms with van der Waals surface area (Å²) in [5.74, 6) is -0.666. The van der Waals surface area contributed by atoms with Gasteiger partial charge < -0.3 is 4.74 Å². The fraction of sp³-hybridized carbons (Fsp3) is 0.316. The van der Waals surface area contributed by atoms with E-state index in [0.717, 1.165) is 11.3 Å². The van der Waals surface area contributed by atoms with Gasteiger partial charge in [0.05, 0.1) is 0 Å². The number of ether oxygens (including phenoxy) is 1. The number of hydrogen-bond donors (Lipinski definition) is 0. The van der Waals surface area contributed by atoms with Gasteiger partial charge in [-0.1, -0.05) is 25.8 Å². The second-order valence-electron chi connectivity index (χ2n) is 5.29. The molecule has 4 heteroatoms. The van der Waals surface area contributed by atoms with Gasteiger partial charge in [-0.3, -0.25) is 0 Å². The smallest absolute Gasteiger partial charge is 0.335 e. The average Bonchev–Trinajstić information content (AvgIpc) is 2.96. The van der Waals surface area contributed by atoms with Crippen LogP contribution in [-0.4, -0.2) is 5.97 Å². The molecular formula is C19H21FO2S. The van der Waals surface area contributed by atoms with Crippen LogP contribution in [0.2, 0.25) is 0 Å². The van der Waals surface area contributed by atoms with E-state index in [1.807, 2.05) is 6.07 Å². The Morgan fingerprint density at radius 2 is 2.09 bits per heavy atom. The number of allylic oxidation sites excluding steroid dienone is 1. The molecule has 1 aromatic heterocycles. The van der Waals surface area contributed by atoms with Gasteiger partial charge in [-0.15, -0.1) is 11.3 Å². The quantitative estimate of drug-likeness (QED) is 0.278. The van der Waals surface area contributed by atoms with Crippen molar-refractivity contribution in [3.05, 3.63) is 53.2 Å². The van der Waals surface area contributed by atoms with Gasteiger partial charge >= 0.3 is 5.97 Å². The summed E-state index contributed by atoms with van der Waals surface area (Å²) in [6.45, 7) is 3.90. The highest BCUT2D eigenvalue weighted by molar-refractivity contribution is 7.15. The summed E-state index contributed by atoms with van der Waals surface area (Å²) in [6, 6.07) is 8.56. The molecular weight excluding hydrogens is 311 g/mol. The van der Waals surface area contributed by atoms with Gasteiger partial charge in [0.15, 0.2) is 0 Å². The van der Waals surface area contributed by atoms with Gasteiger partial charge in [0.2, 0.25) is 0 Å². The van der Waals surface area contributed by atoms with E-state index in [-0.39, 0.29) is 11.6 Å². The molecule has 0 N–H and O–H groups in total. The standard InChI is InChI=1S/C19H21FO2S/c1-3-5-6-8-15-10-12-18(23-15)16-11-9-14(13-17(16)20)22-19(21)7-4-2/h4,7,9-13H,3,5-6,8H2,1-2H3/b7-4+. The van der Waals surface area contributed by atoms with Crippen molar-refractivity contribution in [2.24, 2.45) is 0 Å². The van der Waals surface area contributed by atoms with Crippen LogP contribution in [0.1, 0.15) is 38.0 Å². The van der Waals surface area contributed by atoms with Gasteiger partial charge in [-0.05, 0) is 44.0 Å². The number of halogens is 1. The Morgan fingerprint density at radius 1 is 1.26 bits per heavy atom. The summed E-state index contributed by atoms with van der Waals surface area (Å²) in [7, 11) is 0. The zero-order valence-corrected chi connectivity index (χ0v) is 14.3.